The third-order valence-corrected chi connectivity index (χ3v) is 6.51. The van der Waals surface area contributed by atoms with Gasteiger partial charge in [0.05, 0.1) is 38.5 Å². The highest BCUT2D eigenvalue weighted by Gasteiger charge is 2.43. The molecule has 0 aromatic heterocycles. The summed E-state index contributed by atoms with van der Waals surface area (Å²) in [6, 6.07) is 0.0851. The van der Waals surface area contributed by atoms with Crippen LogP contribution >= 0.6 is 11.8 Å². The van der Waals surface area contributed by atoms with Crippen LogP contribution in [0, 0.1) is 5.41 Å². The highest BCUT2D eigenvalue weighted by Crippen LogP contribution is 2.31. The maximum Gasteiger partial charge on any atom is 0.315 e. The van der Waals surface area contributed by atoms with E-state index in [1.54, 1.807) is 11.8 Å². The van der Waals surface area contributed by atoms with E-state index >= 15 is 0 Å². The Hall–Kier alpha value is -1.03. The van der Waals surface area contributed by atoms with E-state index in [4.69, 9.17) is 14.2 Å². The number of urea groups is 1. The van der Waals surface area contributed by atoms with Gasteiger partial charge >= 0.3 is 6.03 Å². The molecule has 9 heteroatoms. The maximum absolute atomic E-state index is 12.1. The molecule has 0 aromatic rings. The van der Waals surface area contributed by atoms with E-state index < -0.39 is 0 Å². The van der Waals surface area contributed by atoms with Crippen molar-refractivity contribution in [3.63, 3.8) is 0 Å². The number of nitrogens with one attached hydrogen (secondary N) is 3. The molecule has 0 radical (unpaired) electrons. The van der Waals surface area contributed by atoms with Gasteiger partial charge < -0.3 is 30.2 Å². The number of fused-ring (bicyclic) bond motifs is 1. The lowest BCUT2D eigenvalue weighted by molar-refractivity contribution is -0.121. The van der Waals surface area contributed by atoms with Crippen LogP contribution in [-0.2, 0) is 19.0 Å². The predicted molar refractivity (Wildman–Crippen MR) is 119 cm³/mol. The molecule has 0 aliphatic carbocycles. The third-order valence-electron chi connectivity index (χ3n) is 5.07. The molecular formula is C21H39N3O5S. The molecule has 2 saturated heterocycles. The molecule has 2 aliphatic rings. The van der Waals surface area contributed by atoms with Gasteiger partial charge in [0.25, 0.3) is 0 Å². The van der Waals surface area contributed by atoms with Crippen LogP contribution in [-0.4, -0.2) is 81.2 Å². The first-order valence-corrected chi connectivity index (χ1v) is 12.1. The van der Waals surface area contributed by atoms with Crippen LogP contribution in [0.15, 0.2) is 0 Å². The summed E-state index contributed by atoms with van der Waals surface area (Å²) in [5.74, 6) is 0.890. The molecule has 2 rings (SSSR count). The maximum atomic E-state index is 12.1. The quantitative estimate of drug-likeness (QED) is 0.263. The van der Waals surface area contributed by atoms with Gasteiger partial charge in [-0.25, -0.2) is 4.79 Å². The SMILES string of the molecule is CC(C)(C)CCCOCCOCCOCCCNC(=O)C[C@H]1SC[C@H]2NC(=O)N[C@H]21. The van der Waals surface area contributed by atoms with Crippen LogP contribution in [0.4, 0.5) is 4.79 Å². The van der Waals surface area contributed by atoms with Crippen molar-refractivity contribution >= 4 is 23.7 Å². The van der Waals surface area contributed by atoms with Crippen LogP contribution in [0.5, 0.6) is 0 Å². The highest BCUT2D eigenvalue weighted by molar-refractivity contribution is 8.00. The second kappa shape index (κ2) is 13.4. The molecule has 0 spiro atoms. The molecule has 2 aliphatic heterocycles. The number of carbonyl (C=O) groups excluding carboxylic acids is 2. The van der Waals surface area contributed by atoms with Crippen molar-refractivity contribution in [1.82, 2.24) is 16.0 Å². The van der Waals surface area contributed by atoms with E-state index in [0.29, 0.717) is 51.4 Å². The van der Waals surface area contributed by atoms with E-state index in [9.17, 15) is 9.59 Å². The molecule has 2 fully saturated rings. The summed E-state index contributed by atoms with van der Waals surface area (Å²) in [5.41, 5.74) is 0.366. The fourth-order valence-electron chi connectivity index (χ4n) is 3.47. The number of ether oxygens (including phenoxy) is 3. The molecule has 3 amide bonds. The molecule has 30 heavy (non-hydrogen) atoms. The van der Waals surface area contributed by atoms with Crippen LogP contribution in [0.3, 0.4) is 0 Å². The van der Waals surface area contributed by atoms with Crippen LogP contribution in [0.1, 0.15) is 46.5 Å². The molecule has 0 unspecified atom stereocenters. The van der Waals surface area contributed by atoms with Gasteiger partial charge in [-0.3, -0.25) is 4.79 Å². The Morgan fingerprint density at radius 2 is 1.67 bits per heavy atom. The van der Waals surface area contributed by atoms with E-state index in [1.165, 1.54) is 6.42 Å². The van der Waals surface area contributed by atoms with E-state index in [2.05, 4.69) is 36.7 Å². The number of hydrogen-bond acceptors (Lipinski definition) is 6. The molecule has 3 N–H and O–H groups in total. The Kier molecular flexibility index (Phi) is 11.3. The third kappa shape index (κ3) is 10.3. The zero-order valence-corrected chi connectivity index (χ0v) is 19.5. The highest BCUT2D eigenvalue weighted by atomic mass is 32.2. The Balaban J connectivity index is 1.33. The fourth-order valence-corrected chi connectivity index (χ4v) is 4.95. The topological polar surface area (TPSA) is 97.9 Å². The molecule has 8 nitrogen and oxygen atoms in total. The van der Waals surface area contributed by atoms with Crippen molar-refractivity contribution in [3.05, 3.63) is 0 Å². The Morgan fingerprint density at radius 1 is 1.03 bits per heavy atom. The van der Waals surface area contributed by atoms with Crippen molar-refractivity contribution in [2.24, 2.45) is 5.41 Å². The van der Waals surface area contributed by atoms with Crippen molar-refractivity contribution in [2.45, 2.75) is 63.8 Å². The largest absolute Gasteiger partial charge is 0.379 e. The number of amides is 3. The minimum absolute atomic E-state index is 0.0279. The first kappa shape index (κ1) is 25.2. The van der Waals surface area contributed by atoms with Crippen LogP contribution < -0.4 is 16.0 Å². The van der Waals surface area contributed by atoms with Gasteiger partial charge in [0.15, 0.2) is 0 Å². The van der Waals surface area contributed by atoms with Gasteiger partial charge in [-0.05, 0) is 24.7 Å². The van der Waals surface area contributed by atoms with Gasteiger partial charge in [0.1, 0.15) is 0 Å². The predicted octanol–water partition coefficient (Wildman–Crippen LogP) is 1.92. The second-order valence-electron chi connectivity index (χ2n) is 9.03. The second-order valence-corrected chi connectivity index (χ2v) is 10.3. The van der Waals surface area contributed by atoms with Gasteiger partial charge in [-0.15, -0.1) is 0 Å². The summed E-state index contributed by atoms with van der Waals surface area (Å²) in [6.45, 7) is 11.0. The van der Waals surface area contributed by atoms with E-state index in [0.717, 1.165) is 25.2 Å². The summed E-state index contributed by atoms with van der Waals surface area (Å²) in [5, 5.41) is 8.86. The number of rotatable bonds is 15. The lowest BCUT2D eigenvalue weighted by atomic mass is 9.91. The smallest absolute Gasteiger partial charge is 0.315 e. The first-order valence-electron chi connectivity index (χ1n) is 11.0. The average molecular weight is 446 g/mol. The number of thioether (sulfide) groups is 1. The van der Waals surface area contributed by atoms with E-state index in [1.807, 2.05) is 0 Å². The van der Waals surface area contributed by atoms with Gasteiger partial charge in [-0.1, -0.05) is 20.8 Å². The Morgan fingerprint density at radius 3 is 2.33 bits per heavy atom. The van der Waals surface area contributed by atoms with Crippen molar-refractivity contribution in [3.8, 4) is 0 Å². The van der Waals surface area contributed by atoms with Gasteiger partial charge in [0, 0.05) is 37.2 Å². The normalized spacial score (nSPS) is 23.2. The number of carbonyl (C=O) groups is 2. The summed E-state index contributed by atoms with van der Waals surface area (Å²) in [6.07, 6.45) is 3.45. The molecule has 2 heterocycles. The zero-order chi connectivity index (χ0) is 21.8. The minimum Gasteiger partial charge on any atom is -0.379 e. The molecule has 174 valence electrons. The standard InChI is InChI=1S/C21H39N3O5S/c1-21(2,3)6-4-8-27-10-12-29-13-11-28-9-5-7-22-18(25)14-17-19-16(15-30-17)23-20(26)24-19/h16-17,19H,4-15H2,1-3H3,(H,22,25)(H2,23,24,26)/t16-,17-,19-/m1/s1. The van der Waals surface area contributed by atoms with Gasteiger partial charge in [0.2, 0.25) is 5.91 Å². The molecular weight excluding hydrogens is 406 g/mol. The van der Waals surface area contributed by atoms with Crippen LogP contribution in [0.2, 0.25) is 0 Å². The lowest BCUT2D eigenvalue weighted by Crippen LogP contribution is -2.39. The fraction of sp³-hybridized carbons (Fsp3) is 0.905. The molecule has 0 saturated carbocycles. The van der Waals surface area contributed by atoms with Crippen molar-refractivity contribution in [2.75, 3.05) is 51.9 Å². The van der Waals surface area contributed by atoms with E-state index in [-0.39, 0.29) is 29.3 Å². The summed E-state index contributed by atoms with van der Waals surface area (Å²) in [4.78, 5) is 23.5. The number of hydrogen-bond donors (Lipinski definition) is 3. The lowest BCUT2D eigenvalue weighted by Gasteiger charge is -2.17. The molecule has 0 aromatic carbocycles. The van der Waals surface area contributed by atoms with Crippen molar-refractivity contribution < 1.29 is 23.8 Å². The Labute approximate surface area is 184 Å². The van der Waals surface area contributed by atoms with Crippen LogP contribution in [0.25, 0.3) is 0 Å². The molecule has 3 atom stereocenters. The molecule has 0 bridgehead atoms. The van der Waals surface area contributed by atoms with Gasteiger partial charge in [-0.2, -0.15) is 11.8 Å². The van der Waals surface area contributed by atoms with Crippen molar-refractivity contribution in [1.29, 1.82) is 0 Å². The Bertz CT molecular complexity index is 529. The summed E-state index contributed by atoms with van der Waals surface area (Å²) < 4.78 is 16.6. The minimum atomic E-state index is -0.125. The average Bonchev–Trinajstić information content (AvgIpc) is 3.21. The summed E-state index contributed by atoms with van der Waals surface area (Å²) >= 11 is 1.74. The monoisotopic (exact) mass is 445 g/mol. The first-order chi connectivity index (χ1) is 14.3. The summed E-state index contributed by atoms with van der Waals surface area (Å²) in [7, 11) is 0. The zero-order valence-electron chi connectivity index (χ0n) is 18.7.